The average molecular weight is 273 g/mol. The van der Waals surface area contributed by atoms with Crippen LogP contribution in [0.3, 0.4) is 0 Å². The Morgan fingerprint density at radius 3 is 2.45 bits per heavy atom. The monoisotopic (exact) mass is 273 g/mol. The fourth-order valence-corrected chi connectivity index (χ4v) is 1.82. The molecule has 0 atom stereocenters. The molecule has 0 saturated heterocycles. The summed E-state index contributed by atoms with van der Waals surface area (Å²) in [7, 11) is 0. The van der Waals surface area contributed by atoms with E-state index in [9.17, 15) is 4.39 Å². The maximum atomic E-state index is 12.9. The van der Waals surface area contributed by atoms with E-state index in [-0.39, 0.29) is 5.82 Å². The number of hydrogen-bond donors (Lipinski definition) is 1. The lowest BCUT2D eigenvalue weighted by Gasteiger charge is -2.12. The molecule has 2 aromatic carbocycles. The van der Waals surface area contributed by atoms with Gasteiger partial charge in [0.15, 0.2) is 0 Å². The van der Waals surface area contributed by atoms with E-state index in [1.165, 1.54) is 17.7 Å². The second-order valence-corrected chi connectivity index (χ2v) is 5.19. The summed E-state index contributed by atoms with van der Waals surface area (Å²) in [5, 5.41) is 3.37. The summed E-state index contributed by atoms with van der Waals surface area (Å²) in [4.78, 5) is 0. The Morgan fingerprint density at radius 1 is 1.10 bits per heavy atom. The van der Waals surface area contributed by atoms with Gasteiger partial charge in [-0.1, -0.05) is 26.0 Å². The first kappa shape index (κ1) is 14.5. The summed E-state index contributed by atoms with van der Waals surface area (Å²) in [6.07, 6.45) is 0. The fourth-order valence-electron chi connectivity index (χ4n) is 1.82. The second-order valence-electron chi connectivity index (χ2n) is 5.19. The molecule has 0 spiro atoms. The molecule has 0 radical (unpaired) electrons. The van der Waals surface area contributed by atoms with E-state index in [4.69, 9.17) is 4.74 Å². The van der Waals surface area contributed by atoms with Crippen LogP contribution in [-0.4, -0.2) is 6.04 Å². The number of hydrogen-bond acceptors (Lipinski definition) is 2. The van der Waals surface area contributed by atoms with Crippen molar-refractivity contribution in [1.29, 1.82) is 0 Å². The molecular weight excluding hydrogens is 253 g/mol. The van der Waals surface area contributed by atoms with Crippen LogP contribution in [0.4, 0.5) is 4.39 Å². The van der Waals surface area contributed by atoms with Gasteiger partial charge in [0.1, 0.15) is 17.3 Å². The molecule has 0 unspecified atom stereocenters. The van der Waals surface area contributed by atoms with Crippen LogP contribution in [0, 0.1) is 12.7 Å². The third-order valence-electron chi connectivity index (χ3n) is 3.01. The van der Waals surface area contributed by atoms with Crippen LogP contribution in [-0.2, 0) is 6.54 Å². The van der Waals surface area contributed by atoms with E-state index in [1.54, 1.807) is 12.1 Å². The van der Waals surface area contributed by atoms with Crippen LogP contribution < -0.4 is 10.1 Å². The first-order valence-electron chi connectivity index (χ1n) is 6.81. The molecule has 0 fully saturated rings. The topological polar surface area (TPSA) is 21.3 Å². The molecule has 0 aliphatic carbocycles. The van der Waals surface area contributed by atoms with Crippen molar-refractivity contribution in [1.82, 2.24) is 5.32 Å². The minimum absolute atomic E-state index is 0.260. The van der Waals surface area contributed by atoms with Crippen molar-refractivity contribution in [3.8, 4) is 11.5 Å². The van der Waals surface area contributed by atoms with Crippen LogP contribution in [0.5, 0.6) is 11.5 Å². The smallest absolute Gasteiger partial charge is 0.130 e. The molecule has 0 aliphatic rings. The van der Waals surface area contributed by atoms with Gasteiger partial charge < -0.3 is 10.1 Å². The molecule has 3 heteroatoms. The van der Waals surface area contributed by atoms with Crippen molar-refractivity contribution in [2.45, 2.75) is 33.4 Å². The first-order valence-corrected chi connectivity index (χ1v) is 6.81. The van der Waals surface area contributed by atoms with Crippen molar-refractivity contribution in [2.24, 2.45) is 0 Å². The Kier molecular flexibility index (Phi) is 4.74. The second kappa shape index (κ2) is 6.53. The molecule has 2 aromatic rings. The fraction of sp³-hybridized carbons (Fsp3) is 0.294. The van der Waals surface area contributed by atoms with Gasteiger partial charge >= 0.3 is 0 Å². The Hall–Kier alpha value is -1.87. The van der Waals surface area contributed by atoms with E-state index in [0.717, 1.165) is 17.9 Å². The summed E-state index contributed by atoms with van der Waals surface area (Å²) in [6, 6.07) is 12.6. The highest BCUT2D eigenvalue weighted by atomic mass is 19.1. The molecular formula is C17H20FNO. The zero-order valence-electron chi connectivity index (χ0n) is 12.1. The molecule has 0 heterocycles. The number of rotatable bonds is 5. The lowest BCUT2D eigenvalue weighted by Crippen LogP contribution is -2.21. The standard InChI is InChI=1S/C17H20FNO/c1-12(2)19-11-14-5-4-13(3)17(10-14)20-16-8-6-15(18)7-9-16/h4-10,12,19H,11H2,1-3H3. The van der Waals surface area contributed by atoms with E-state index in [1.807, 2.05) is 19.1 Å². The van der Waals surface area contributed by atoms with Crippen molar-refractivity contribution >= 4 is 0 Å². The molecule has 0 saturated carbocycles. The summed E-state index contributed by atoms with van der Waals surface area (Å²) >= 11 is 0. The average Bonchev–Trinajstić information content (AvgIpc) is 2.42. The van der Waals surface area contributed by atoms with Gasteiger partial charge in [-0.2, -0.15) is 0 Å². The van der Waals surface area contributed by atoms with Gasteiger partial charge in [-0.25, -0.2) is 4.39 Å². The predicted octanol–water partition coefficient (Wildman–Crippen LogP) is 4.42. The van der Waals surface area contributed by atoms with Crippen LogP contribution >= 0.6 is 0 Å². The van der Waals surface area contributed by atoms with Gasteiger partial charge in [-0.15, -0.1) is 0 Å². The number of halogens is 1. The maximum absolute atomic E-state index is 12.9. The van der Waals surface area contributed by atoms with E-state index in [2.05, 4.69) is 25.2 Å². The summed E-state index contributed by atoms with van der Waals surface area (Å²) in [6.45, 7) is 7.03. The molecule has 106 valence electrons. The molecule has 20 heavy (non-hydrogen) atoms. The Morgan fingerprint density at radius 2 is 1.80 bits per heavy atom. The molecule has 0 aliphatic heterocycles. The van der Waals surface area contributed by atoms with Gasteiger partial charge in [-0.05, 0) is 48.4 Å². The molecule has 0 bridgehead atoms. The molecule has 2 rings (SSSR count). The van der Waals surface area contributed by atoms with Crippen molar-refractivity contribution < 1.29 is 9.13 Å². The van der Waals surface area contributed by atoms with Crippen molar-refractivity contribution in [3.63, 3.8) is 0 Å². The zero-order valence-corrected chi connectivity index (χ0v) is 12.1. The Labute approximate surface area is 119 Å². The van der Waals surface area contributed by atoms with Gasteiger partial charge in [0.25, 0.3) is 0 Å². The van der Waals surface area contributed by atoms with Gasteiger partial charge in [-0.3, -0.25) is 0 Å². The highest BCUT2D eigenvalue weighted by Crippen LogP contribution is 2.26. The largest absolute Gasteiger partial charge is 0.457 e. The predicted molar refractivity (Wildman–Crippen MR) is 79.6 cm³/mol. The number of benzene rings is 2. The van der Waals surface area contributed by atoms with Gasteiger partial charge in [0, 0.05) is 12.6 Å². The van der Waals surface area contributed by atoms with Gasteiger partial charge in [0.05, 0.1) is 0 Å². The summed E-state index contributed by atoms with van der Waals surface area (Å²) in [5.74, 6) is 1.19. The third-order valence-corrected chi connectivity index (χ3v) is 3.01. The van der Waals surface area contributed by atoms with E-state index < -0.39 is 0 Å². The normalized spacial score (nSPS) is 10.8. The van der Waals surface area contributed by atoms with E-state index >= 15 is 0 Å². The minimum atomic E-state index is -0.260. The highest BCUT2D eigenvalue weighted by molar-refractivity contribution is 5.40. The minimum Gasteiger partial charge on any atom is -0.457 e. The first-order chi connectivity index (χ1) is 9.54. The van der Waals surface area contributed by atoms with Crippen LogP contribution in [0.1, 0.15) is 25.0 Å². The molecule has 0 aromatic heterocycles. The van der Waals surface area contributed by atoms with Crippen LogP contribution in [0.15, 0.2) is 42.5 Å². The Bertz CT molecular complexity index is 564. The zero-order chi connectivity index (χ0) is 14.5. The summed E-state index contributed by atoms with van der Waals surface area (Å²) < 4.78 is 18.7. The van der Waals surface area contributed by atoms with Gasteiger partial charge in [0.2, 0.25) is 0 Å². The quantitative estimate of drug-likeness (QED) is 0.870. The van der Waals surface area contributed by atoms with Crippen LogP contribution in [0.25, 0.3) is 0 Å². The molecule has 0 amide bonds. The number of nitrogens with one attached hydrogen (secondary N) is 1. The summed E-state index contributed by atoms with van der Waals surface area (Å²) in [5.41, 5.74) is 2.23. The van der Waals surface area contributed by atoms with Crippen molar-refractivity contribution in [2.75, 3.05) is 0 Å². The van der Waals surface area contributed by atoms with Crippen molar-refractivity contribution in [3.05, 3.63) is 59.4 Å². The molecule has 2 nitrogen and oxygen atoms in total. The lowest BCUT2D eigenvalue weighted by atomic mass is 10.1. The van der Waals surface area contributed by atoms with Crippen LogP contribution in [0.2, 0.25) is 0 Å². The maximum Gasteiger partial charge on any atom is 0.130 e. The molecule has 1 N–H and O–H groups in total. The van der Waals surface area contributed by atoms with E-state index in [0.29, 0.717) is 11.8 Å². The number of ether oxygens (including phenoxy) is 1. The number of aryl methyl sites for hydroxylation is 1. The highest BCUT2D eigenvalue weighted by Gasteiger charge is 2.04. The lowest BCUT2D eigenvalue weighted by molar-refractivity contribution is 0.475. The third kappa shape index (κ3) is 4.07. The SMILES string of the molecule is Cc1ccc(CNC(C)C)cc1Oc1ccc(F)cc1. The Balaban J connectivity index is 2.13.